The number of rotatable bonds is 5. The lowest BCUT2D eigenvalue weighted by Crippen LogP contribution is -2.32. The molecule has 0 unspecified atom stereocenters. The number of hydrogen-bond donors (Lipinski definition) is 1. The molecule has 164 valence electrons. The van der Waals surface area contributed by atoms with Gasteiger partial charge in [-0.3, -0.25) is 9.48 Å². The molecule has 0 saturated heterocycles. The SMILES string of the molecule is Cn1cc(-c2ccc(Cn3cc(C(=O)NC4CCCC4)c4c(F)cccc43)c(F)c2)cn1. The summed E-state index contributed by atoms with van der Waals surface area (Å²) in [5.74, 6) is -1.09. The number of nitrogens with one attached hydrogen (secondary N) is 1. The molecule has 1 N–H and O–H groups in total. The van der Waals surface area contributed by atoms with Crippen molar-refractivity contribution >= 4 is 16.8 Å². The van der Waals surface area contributed by atoms with Gasteiger partial charge in [-0.1, -0.05) is 31.0 Å². The Hall–Kier alpha value is -3.48. The van der Waals surface area contributed by atoms with Gasteiger partial charge < -0.3 is 9.88 Å². The summed E-state index contributed by atoms with van der Waals surface area (Å²) in [5.41, 5.74) is 2.88. The summed E-state index contributed by atoms with van der Waals surface area (Å²) in [6, 6.07) is 9.89. The topological polar surface area (TPSA) is 51.9 Å². The fourth-order valence-electron chi connectivity index (χ4n) is 4.55. The minimum Gasteiger partial charge on any atom is -0.349 e. The van der Waals surface area contributed by atoms with Gasteiger partial charge in [-0.15, -0.1) is 0 Å². The van der Waals surface area contributed by atoms with Crippen molar-refractivity contribution in [3.8, 4) is 11.1 Å². The van der Waals surface area contributed by atoms with Gasteiger partial charge in [0, 0.05) is 42.0 Å². The van der Waals surface area contributed by atoms with Gasteiger partial charge in [0.1, 0.15) is 11.6 Å². The molecule has 2 aromatic carbocycles. The number of aromatic nitrogens is 3. The second-order valence-corrected chi connectivity index (χ2v) is 8.47. The summed E-state index contributed by atoms with van der Waals surface area (Å²) in [4.78, 5) is 12.9. The van der Waals surface area contributed by atoms with Crippen LogP contribution in [0.25, 0.3) is 22.0 Å². The molecule has 0 aliphatic heterocycles. The van der Waals surface area contributed by atoms with Crippen LogP contribution in [0.2, 0.25) is 0 Å². The van der Waals surface area contributed by atoms with Crippen LogP contribution in [0.1, 0.15) is 41.6 Å². The number of carbonyl (C=O) groups excluding carboxylic acids is 1. The van der Waals surface area contributed by atoms with E-state index in [1.54, 1.807) is 39.8 Å². The van der Waals surface area contributed by atoms with Gasteiger partial charge in [0.2, 0.25) is 0 Å². The molecule has 7 heteroatoms. The molecule has 0 radical (unpaired) electrons. The van der Waals surface area contributed by atoms with Crippen molar-refractivity contribution in [1.82, 2.24) is 19.7 Å². The summed E-state index contributed by atoms with van der Waals surface area (Å²) >= 11 is 0. The highest BCUT2D eigenvalue weighted by Crippen LogP contribution is 2.28. The van der Waals surface area contributed by atoms with E-state index in [-0.39, 0.29) is 35.3 Å². The Morgan fingerprint density at radius 3 is 2.62 bits per heavy atom. The van der Waals surface area contributed by atoms with E-state index in [2.05, 4.69) is 10.4 Å². The molecule has 1 amide bonds. The number of halogens is 2. The molecule has 5 rings (SSSR count). The largest absolute Gasteiger partial charge is 0.349 e. The summed E-state index contributed by atoms with van der Waals surface area (Å²) < 4.78 is 33.1. The van der Waals surface area contributed by atoms with E-state index < -0.39 is 5.82 Å². The first-order valence-corrected chi connectivity index (χ1v) is 10.9. The average molecular weight is 434 g/mol. The van der Waals surface area contributed by atoms with Crippen molar-refractivity contribution in [2.75, 3.05) is 0 Å². The zero-order chi connectivity index (χ0) is 22.2. The molecular formula is C25H24F2N4O. The molecule has 1 fully saturated rings. The Balaban J connectivity index is 1.48. The number of hydrogen-bond acceptors (Lipinski definition) is 2. The second kappa shape index (κ2) is 8.22. The molecular weight excluding hydrogens is 410 g/mol. The molecule has 32 heavy (non-hydrogen) atoms. The third-order valence-electron chi connectivity index (χ3n) is 6.22. The number of carbonyl (C=O) groups is 1. The van der Waals surface area contributed by atoms with Gasteiger partial charge in [0.25, 0.3) is 5.91 Å². The van der Waals surface area contributed by atoms with Crippen LogP contribution in [0.15, 0.2) is 55.0 Å². The quantitative estimate of drug-likeness (QED) is 0.478. The van der Waals surface area contributed by atoms with Crippen LogP contribution in [-0.4, -0.2) is 26.3 Å². The summed E-state index contributed by atoms with van der Waals surface area (Å²) in [6.07, 6.45) is 9.22. The predicted octanol–water partition coefficient (Wildman–Crippen LogP) is 5.04. The second-order valence-electron chi connectivity index (χ2n) is 8.47. The Labute approximate surface area is 184 Å². The number of aryl methyl sites for hydroxylation is 1. The first kappa shape index (κ1) is 20.4. The van der Waals surface area contributed by atoms with Crippen LogP contribution in [-0.2, 0) is 13.6 Å². The lowest BCUT2D eigenvalue weighted by Gasteiger charge is -2.11. The van der Waals surface area contributed by atoms with Gasteiger partial charge >= 0.3 is 0 Å². The fourth-order valence-corrected chi connectivity index (χ4v) is 4.55. The van der Waals surface area contributed by atoms with Crippen molar-refractivity contribution in [2.24, 2.45) is 7.05 Å². The molecule has 2 aromatic heterocycles. The van der Waals surface area contributed by atoms with Crippen LogP contribution in [0.5, 0.6) is 0 Å². The minimum absolute atomic E-state index is 0.130. The molecule has 2 heterocycles. The maximum absolute atomic E-state index is 14.9. The van der Waals surface area contributed by atoms with Crippen LogP contribution in [0.3, 0.4) is 0 Å². The number of fused-ring (bicyclic) bond motifs is 1. The number of amides is 1. The maximum Gasteiger partial charge on any atom is 0.253 e. The molecule has 0 spiro atoms. The molecule has 0 atom stereocenters. The monoisotopic (exact) mass is 434 g/mol. The Morgan fingerprint density at radius 1 is 1.09 bits per heavy atom. The van der Waals surface area contributed by atoms with Crippen molar-refractivity contribution in [3.05, 3.63) is 77.8 Å². The van der Waals surface area contributed by atoms with E-state index in [9.17, 15) is 13.6 Å². The van der Waals surface area contributed by atoms with Crippen LogP contribution >= 0.6 is 0 Å². The first-order valence-electron chi connectivity index (χ1n) is 10.9. The molecule has 5 nitrogen and oxygen atoms in total. The van der Waals surface area contributed by atoms with E-state index >= 15 is 0 Å². The van der Waals surface area contributed by atoms with Crippen molar-refractivity contribution in [1.29, 1.82) is 0 Å². The molecule has 1 aliphatic rings. The molecule has 0 bridgehead atoms. The van der Waals surface area contributed by atoms with Gasteiger partial charge in [-0.05, 0) is 36.6 Å². The smallest absolute Gasteiger partial charge is 0.253 e. The van der Waals surface area contributed by atoms with Crippen LogP contribution < -0.4 is 5.32 Å². The average Bonchev–Trinajstić information content (AvgIpc) is 3.51. The zero-order valence-corrected chi connectivity index (χ0v) is 17.8. The lowest BCUT2D eigenvalue weighted by atomic mass is 10.1. The zero-order valence-electron chi connectivity index (χ0n) is 17.8. The highest BCUT2D eigenvalue weighted by Gasteiger charge is 2.23. The maximum atomic E-state index is 14.9. The Kier molecular flexibility index (Phi) is 5.25. The highest BCUT2D eigenvalue weighted by molar-refractivity contribution is 6.07. The summed E-state index contributed by atoms with van der Waals surface area (Å²) in [7, 11) is 1.81. The number of nitrogens with zero attached hydrogens (tertiary/aromatic N) is 3. The highest BCUT2D eigenvalue weighted by atomic mass is 19.1. The summed E-state index contributed by atoms with van der Waals surface area (Å²) in [6.45, 7) is 0.190. The molecule has 1 aliphatic carbocycles. The lowest BCUT2D eigenvalue weighted by molar-refractivity contribution is 0.0939. The standard InChI is InChI=1S/C25H24F2N4O/c1-30-13-18(12-28-30)16-9-10-17(22(27)11-16)14-31-15-20(24-21(26)7-4-8-23(24)31)25(32)29-19-5-2-3-6-19/h4,7-13,15,19H,2-3,5-6,14H2,1H3,(H,29,32). The van der Waals surface area contributed by atoms with Crippen molar-refractivity contribution in [3.63, 3.8) is 0 Å². The van der Waals surface area contributed by atoms with Gasteiger partial charge in [-0.25, -0.2) is 8.78 Å². The van der Waals surface area contributed by atoms with Gasteiger partial charge in [-0.2, -0.15) is 5.10 Å². The first-order chi connectivity index (χ1) is 15.5. The Bertz CT molecular complexity index is 1300. The molecule has 4 aromatic rings. The van der Waals surface area contributed by atoms with Gasteiger partial charge in [0.15, 0.2) is 0 Å². The van der Waals surface area contributed by atoms with Crippen molar-refractivity contribution in [2.45, 2.75) is 38.3 Å². The third kappa shape index (κ3) is 3.79. The molecule has 1 saturated carbocycles. The van der Waals surface area contributed by atoms with E-state index in [0.717, 1.165) is 36.8 Å². The summed E-state index contributed by atoms with van der Waals surface area (Å²) in [5, 5.41) is 7.43. The van der Waals surface area contributed by atoms with Gasteiger partial charge in [0.05, 0.1) is 23.8 Å². The van der Waals surface area contributed by atoms with E-state index in [0.29, 0.717) is 11.1 Å². The van der Waals surface area contributed by atoms with Crippen LogP contribution in [0, 0.1) is 11.6 Å². The normalized spacial score (nSPS) is 14.3. The minimum atomic E-state index is -0.454. The van der Waals surface area contributed by atoms with Crippen LogP contribution in [0.4, 0.5) is 8.78 Å². The third-order valence-corrected chi connectivity index (χ3v) is 6.22. The fraction of sp³-hybridized carbons (Fsp3) is 0.280. The number of benzene rings is 2. The van der Waals surface area contributed by atoms with Crippen molar-refractivity contribution < 1.29 is 13.6 Å². The van der Waals surface area contributed by atoms with E-state index in [1.165, 1.54) is 12.1 Å². The van der Waals surface area contributed by atoms with E-state index in [4.69, 9.17) is 0 Å². The Morgan fingerprint density at radius 2 is 1.91 bits per heavy atom. The predicted molar refractivity (Wildman–Crippen MR) is 119 cm³/mol. The van der Waals surface area contributed by atoms with E-state index in [1.807, 2.05) is 19.3 Å².